The predicted octanol–water partition coefficient (Wildman–Crippen LogP) is 3.27. The van der Waals surface area contributed by atoms with Crippen LogP contribution in [0.3, 0.4) is 0 Å². The van der Waals surface area contributed by atoms with Crippen LogP contribution >= 0.6 is 0 Å². The van der Waals surface area contributed by atoms with Gasteiger partial charge in [-0.15, -0.1) is 0 Å². The van der Waals surface area contributed by atoms with Crippen molar-refractivity contribution in [2.45, 2.75) is 38.8 Å². The summed E-state index contributed by atoms with van der Waals surface area (Å²) in [6, 6.07) is 7.94. The monoisotopic (exact) mass is 329 g/mol. The molecule has 1 aromatic heterocycles. The molecule has 1 atom stereocenters. The molecule has 0 aliphatic carbocycles. The Balaban J connectivity index is 1.66. The summed E-state index contributed by atoms with van der Waals surface area (Å²) in [6.07, 6.45) is 8.07. The van der Waals surface area contributed by atoms with Crippen molar-refractivity contribution in [2.24, 2.45) is 0 Å². The van der Waals surface area contributed by atoms with E-state index in [1.165, 1.54) is 24.8 Å². The van der Waals surface area contributed by atoms with E-state index in [-0.39, 0.29) is 0 Å². The number of para-hydroxylation sites is 2. The zero-order valence-corrected chi connectivity index (χ0v) is 14.6. The standard InChI is InChI=1S/C19H27N3O2/c1-3-21(15-17-8-6-7-11-24-17)13-16-12-20-22(14-16)18-9-4-5-10-19(18)23-2/h4-5,9-10,12,14,17H,3,6-8,11,13,15H2,1-2H3/t17-/m0/s1. The summed E-state index contributed by atoms with van der Waals surface area (Å²) >= 11 is 0. The van der Waals surface area contributed by atoms with Crippen LogP contribution in [0, 0.1) is 0 Å². The number of hydrogen-bond acceptors (Lipinski definition) is 4. The third kappa shape index (κ3) is 4.16. The molecule has 1 saturated heterocycles. The fraction of sp³-hybridized carbons (Fsp3) is 0.526. The van der Waals surface area contributed by atoms with Gasteiger partial charge in [0.25, 0.3) is 0 Å². The van der Waals surface area contributed by atoms with Crippen LogP contribution in [0.4, 0.5) is 0 Å². The van der Waals surface area contributed by atoms with Crippen molar-refractivity contribution in [2.75, 3.05) is 26.8 Å². The van der Waals surface area contributed by atoms with E-state index in [1.807, 2.05) is 35.1 Å². The highest BCUT2D eigenvalue weighted by atomic mass is 16.5. The number of hydrogen-bond donors (Lipinski definition) is 0. The molecule has 1 aromatic carbocycles. The molecule has 0 bridgehead atoms. The molecule has 0 amide bonds. The molecule has 1 fully saturated rings. The van der Waals surface area contributed by atoms with E-state index in [1.54, 1.807) is 7.11 Å². The summed E-state index contributed by atoms with van der Waals surface area (Å²) in [7, 11) is 1.69. The Bertz CT molecular complexity index is 635. The molecule has 0 radical (unpaired) electrons. The molecule has 0 N–H and O–H groups in total. The SMILES string of the molecule is CCN(Cc1cnn(-c2ccccc2OC)c1)C[C@@H]1CCCCO1. The van der Waals surface area contributed by atoms with E-state index in [4.69, 9.17) is 9.47 Å². The van der Waals surface area contributed by atoms with Gasteiger partial charge in [-0.05, 0) is 37.9 Å². The molecule has 0 spiro atoms. The molecule has 0 unspecified atom stereocenters. The largest absolute Gasteiger partial charge is 0.494 e. The second-order valence-corrected chi connectivity index (χ2v) is 6.28. The lowest BCUT2D eigenvalue weighted by atomic mass is 10.1. The van der Waals surface area contributed by atoms with Gasteiger partial charge >= 0.3 is 0 Å². The van der Waals surface area contributed by atoms with Crippen LogP contribution < -0.4 is 4.74 Å². The number of benzene rings is 1. The first-order chi connectivity index (χ1) is 11.8. The lowest BCUT2D eigenvalue weighted by molar-refractivity contribution is -0.00623. The van der Waals surface area contributed by atoms with E-state index in [2.05, 4.69) is 23.1 Å². The Hall–Kier alpha value is -1.85. The van der Waals surface area contributed by atoms with Gasteiger partial charge in [-0.2, -0.15) is 5.10 Å². The topological polar surface area (TPSA) is 39.5 Å². The van der Waals surface area contributed by atoms with Gasteiger partial charge in [0.2, 0.25) is 0 Å². The average Bonchev–Trinajstić information content (AvgIpc) is 3.10. The van der Waals surface area contributed by atoms with Crippen molar-refractivity contribution in [3.05, 3.63) is 42.2 Å². The highest BCUT2D eigenvalue weighted by molar-refractivity contribution is 5.46. The Morgan fingerprint density at radius 2 is 2.21 bits per heavy atom. The van der Waals surface area contributed by atoms with Crippen molar-refractivity contribution in [3.63, 3.8) is 0 Å². The number of aromatic nitrogens is 2. The van der Waals surface area contributed by atoms with E-state index in [0.29, 0.717) is 6.10 Å². The molecule has 130 valence electrons. The Kier molecular flexibility index (Phi) is 5.88. The highest BCUT2D eigenvalue weighted by Gasteiger charge is 2.17. The van der Waals surface area contributed by atoms with Gasteiger partial charge in [-0.25, -0.2) is 4.68 Å². The van der Waals surface area contributed by atoms with Crippen LogP contribution in [-0.2, 0) is 11.3 Å². The van der Waals surface area contributed by atoms with E-state index >= 15 is 0 Å². The molecule has 1 aliphatic rings. The maximum absolute atomic E-state index is 5.87. The molecule has 5 heteroatoms. The van der Waals surface area contributed by atoms with Crippen LogP contribution in [0.2, 0.25) is 0 Å². The van der Waals surface area contributed by atoms with E-state index in [0.717, 1.165) is 37.7 Å². The summed E-state index contributed by atoms with van der Waals surface area (Å²) in [5.74, 6) is 0.829. The zero-order valence-electron chi connectivity index (χ0n) is 14.6. The molecular formula is C19H27N3O2. The van der Waals surface area contributed by atoms with Gasteiger partial charge in [0.1, 0.15) is 11.4 Å². The first kappa shape index (κ1) is 17.0. The smallest absolute Gasteiger partial charge is 0.144 e. The van der Waals surface area contributed by atoms with Crippen molar-refractivity contribution in [1.29, 1.82) is 0 Å². The Morgan fingerprint density at radius 3 is 2.96 bits per heavy atom. The molecular weight excluding hydrogens is 302 g/mol. The van der Waals surface area contributed by atoms with Crippen LogP contribution in [0.25, 0.3) is 5.69 Å². The van der Waals surface area contributed by atoms with Crippen LogP contribution in [0.1, 0.15) is 31.7 Å². The van der Waals surface area contributed by atoms with Crippen LogP contribution in [0.15, 0.2) is 36.7 Å². The number of ether oxygens (including phenoxy) is 2. The molecule has 3 rings (SSSR count). The van der Waals surface area contributed by atoms with Gasteiger partial charge in [0.15, 0.2) is 0 Å². The molecule has 24 heavy (non-hydrogen) atoms. The zero-order chi connectivity index (χ0) is 16.8. The lowest BCUT2D eigenvalue weighted by Crippen LogP contribution is -2.35. The molecule has 2 aromatic rings. The fourth-order valence-corrected chi connectivity index (χ4v) is 3.20. The molecule has 1 aliphatic heterocycles. The fourth-order valence-electron chi connectivity index (χ4n) is 3.20. The van der Waals surface area contributed by atoms with Gasteiger partial charge in [0, 0.05) is 31.5 Å². The van der Waals surface area contributed by atoms with E-state index < -0.39 is 0 Å². The maximum Gasteiger partial charge on any atom is 0.144 e. The Morgan fingerprint density at radius 1 is 1.33 bits per heavy atom. The van der Waals surface area contributed by atoms with Gasteiger partial charge in [-0.3, -0.25) is 4.90 Å². The normalized spacial score (nSPS) is 18.0. The molecule has 5 nitrogen and oxygen atoms in total. The third-order valence-corrected chi connectivity index (χ3v) is 4.56. The van der Waals surface area contributed by atoms with Gasteiger partial charge in [-0.1, -0.05) is 19.1 Å². The van der Waals surface area contributed by atoms with Crippen molar-refractivity contribution >= 4 is 0 Å². The predicted molar refractivity (Wildman–Crippen MR) is 94.7 cm³/mol. The van der Waals surface area contributed by atoms with Crippen molar-refractivity contribution in [3.8, 4) is 11.4 Å². The summed E-state index contributed by atoms with van der Waals surface area (Å²) in [4.78, 5) is 2.43. The lowest BCUT2D eigenvalue weighted by Gasteiger charge is -2.28. The van der Waals surface area contributed by atoms with Crippen LogP contribution in [0.5, 0.6) is 5.75 Å². The first-order valence-corrected chi connectivity index (χ1v) is 8.81. The number of rotatable bonds is 7. The maximum atomic E-state index is 5.87. The average molecular weight is 329 g/mol. The second-order valence-electron chi connectivity index (χ2n) is 6.28. The quantitative estimate of drug-likeness (QED) is 0.781. The van der Waals surface area contributed by atoms with E-state index in [9.17, 15) is 0 Å². The van der Waals surface area contributed by atoms with Gasteiger partial charge < -0.3 is 9.47 Å². The molecule has 2 heterocycles. The van der Waals surface area contributed by atoms with Gasteiger partial charge in [0.05, 0.1) is 19.4 Å². The summed E-state index contributed by atoms with van der Waals surface area (Å²) in [5, 5.41) is 4.51. The summed E-state index contributed by atoms with van der Waals surface area (Å²) in [5.41, 5.74) is 2.17. The van der Waals surface area contributed by atoms with Crippen molar-refractivity contribution < 1.29 is 9.47 Å². The third-order valence-electron chi connectivity index (χ3n) is 4.56. The number of methoxy groups -OCH3 is 1. The number of likely N-dealkylation sites (N-methyl/N-ethyl adjacent to an activating group) is 1. The Labute approximate surface area is 144 Å². The second kappa shape index (κ2) is 8.31. The minimum atomic E-state index is 0.378. The molecule has 0 saturated carbocycles. The van der Waals surface area contributed by atoms with Crippen molar-refractivity contribution in [1.82, 2.24) is 14.7 Å². The highest BCUT2D eigenvalue weighted by Crippen LogP contribution is 2.22. The first-order valence-electron chi connectivity index (χ1n) is 8.81. The van der Waals surface area contributed by atoms with Crippen LogP contribution in [-0.4, -0.2) is 47.6 Å². The summed E-state index contributed by atoms with van der Waals surface area (Å²) < 4.78 is 13.2. The minimum absolute atomic E-state index is 0.378. The summed E-state index contributed by atoms with van der Waals surface area (Å²) in [6.45, 7) is 6.02. The number of nitrogens with zero attached hydrogens (tertiary/aromatic N) is 3. The minimum Gasteiger partial charge on any atom is -0.494 e.